The standard InChI is InChI=1S/C20H32N2O3/c1-18(2,3)15-9-16-17(23)22(19(4,5)6)12-20(11-21(16)10-15)13-24-7-8-25-14-20/h9-10H,7-8,11-14H2,1-6H3. The van der Waals surface area contributed by atoms with Gasteiger partial charge in [0.25, 0.3) is 5.91 Å². The van der Waals surface area contributed by atoms with Gasteiger partial charge in [0, 0.05) is 24.8 Å². The van der Waals surface area contributed by atoms with Crippen molar-refractivity contribution < 1.29 is 14.3 Å². The van der Waals surface area contributed by atoms with E-state index in [1.165, 1.54) is 5.56 Å². The summed E-state index contributed by atoms with van der Waals surface area (Å²) >= 11 is 0. The van der Waals surface area contributed by atoms with Crippen LogP contribution in [0.25, 0.3) is 0 Å². The maximum Gasteiger partial charge on any atom is 0.270 e. The largest absolute Gasteiger partial charge is 0.378 e. The Morgan fingerprint density at radius 1 is 1.00 bits per heavy atom. The normalized spacial score (nSPS) is 21.8. The van der Waals surface area contributed by atoms with Gasteiger partial charge in [0.15, 0.2) is 0 Å². The molecule has 5 nitrogen and oxygen atoms in total. The molecule has 1 aromatic heterocycles. The molecule has 0 aromatic carbocycles. The minimum absolute atomic E-state index is 0.00958. The second-order valence-electron chi connectivity index (χ2n) is 9.66. The minimum atomic E-state index is -0.252. The van der Waals surface area contributed by atoms with Gasteiger partial charge in [-0.25, -0.2) is 0 Å². The Morgan fingerprint density at radius 2 is 1.60 bits per heavy atom. The lowest BCUT2D eigenvalue weighted by Gasteiger charge is -2.41. The highest BCUT2D eigenvalue weighted by molar-refractivity contribution is 5.94. The third-order valence-electron chi connectivity index (χ3n) is 5.22. The molecule has 0 aliphatic carbocycles. The van der Waals surface area contributed by atoms with Crippen molar-refractivity contribution in [3.05, 3.63) is 23.5 Å². The number of fused-ring (bicyclic) bond motifs is 1. The summed E-state index contributed by atoms with van der Waals surface area (Å²) in [5.41, 5.74) is 1.52. The Balaban J connectivity index is 2.09. The van der Waals surface area contributed by atoms with Crippen molar-refractivity contribution in [2.24, 2.45) is 5.41 Å². The van der Waals surface area contributed by atoms with Crippen LogP contribution in [0.2, 0.25) is 0 Å². The molecule has 0 atom stereocenters. The average Bonchev–Trinajstić information content (AvgIpc) is 2.70. The number of hydrogen-bond donors (Lipinski definition) is 0. The number of amides is 1. The third kappa shape index (κ3) is 3.63. The van der Waals surface area contributed by atoms with Gasteiger partial charge >= 0.3 is 0 Å². The van der Waals surface area contributed by atoms with Crippen LogP contribution in [0.5, 0.6) is 0 Å². The topological polar surface area (TPSA) is 43.7 Å². The Kier molecular flexibility index (Phi) is 4.53. The lowest BCUT2D eigenvalue weighted by molar-refractivity contribution is -0.00383. The second kappa shape index (κ2) is 6.13. The molecule has 0 unspecified atom stereocenters. The lowest BCUT2D eigenvalue weighted by Crippen LogP contribution is -2.52. The predicted octanol–water partition coefficient (Wildman–Crippen LogP) is 3.07. The van der Waals surface area contributed by atoms with E-state index in [9.17, 15) is 4.79 Å². The summed E-state index contributed by atoms with van der Waals surface area (Å²) in [5, 5.41) is 0. The van der Waals surface area contributed by atoms with Crippen molar-refractivity contribution in [1.82, 2.24) is 9.47 Å². The van der Waals surface area contributed by atoms with Crippen LogP contribution in [0.1, 0.15) is 57.6 Å². The Labute approximate surface area is 151 Å². The molecule has 25 heavy (non-hydrogen) atoms. The number of carbonyl (C=O) groups excluding carboxylic acids is 1. The van der Waals surface area contributed by atoms with E-state index in [-0.39, 0.29) is 22.3 Å². The van der Waals surface area contributed by atoms with Gasteiger partial charge in [-0.2, -0.15) is 0 Å². The van der Waals surface area contributed by atoms with Crippen LogP contribution < -0.4 is 0 Å². The molecule has 2 aliphatic rings. The van der Waals surface area contributed by atoms with Gasteiger partial charge in [-0.3, -0.25) is 4.79 Å². The van der Waals surface area contributed by atoms with Crippen molar-refractivity contribution in [2.75, 3.05) is 33.0 Å². The first kappa shape index (κ1) is 18.5. The van der Waals surface area contributed by atoms with E-state index in [0.29, 0.717) is 33.0 Å². The fraction of sp³-hybridized carbons (Fsp3) is 0.750. The number of rotatable bonds is 0. The van der Waals surface area contributed by atoms with Gasteiger partial charge in [-0.1, -0.05) is 20.8 Å². The molecule has 0 radical (unpaired) electrons. The van der Waals surface area contributed by atoms with E-state index in [1.807, 2.05) is 4.90 Å². The second-order valence-corrected chi connectivity index (χ2v) is 9.66. The Morgan fingerprint density at radius 3 is 2.12 bits per heavy atom. The van der Waals surface area contributed by atoms with Gasteiger partial charge in [0.05, 0.1) is 31.8 Å². The molecule has 0 bridgehead atoms. The van der Waals surface area contributed by atoms with E-state index < -0.39 is 0 Å². The quantitative estimate of drug-likeness (QED) is 0.724. The smallest absolute Gasteiger partial charge is 0.270 e. The van der Waals surface area contributed by atoms with E-state index in [4.69, 9.17) is 9.47 Å². The predicted molar refractivity (Wildman–Crippen MR) is 98.0 cm³/mol. The highest BCUT2D eigenvalue weighted by Crippen LogP contribution is 2.35. The number of hydrogen-bond acceptors (Lipinski definition) is 3. The van der Waals surface area contributed by atoms with Crippen LogP contribution in [0.15, 0.2) is 12.3 Å². The summed E-state index contributed by atoms with van der Waals surface area (Å²) in [7, 11) is 0. The summed E-state index contributed by atoms with van der Waals surface area (Å²) in [4.78, 5) is 15.4. The fourth-order valence-corrected chi connectivity index (χ4v) is 3.65. The maximum atomic E-state index is 13.4. The zero-order chi connectivity index (χ0) is 18.5. The number of carbonyl (C=O) groups is 1. The summed E-state index contributed by atoms with van der Waals surface area (Å²) in [6.07, 6.45) is 2.14. The van der Waals surface area contributed by atoms with E-state index in [1.54, 1.807) is 0 Å². The van der Waals surface area contributed by atoms with E-state index in [0.717, 1.165) is 12.2 Å². The first-order chi connectivity index (χ1) is 11.5. The van der Waals surface area contributed by atoms with Crippen molar-refractivity contribution in [3.63, 3.8) is 0 Å². The molecule has 0 N–H and O–H groups in total. The van der Waals surface area contributed by atoms with Gasteiger partial charge in [0.1, 0.15) is 5.69 Å². The highest BCUT2D eigenvalue weighted by Gasteiger charge is 2.44. The number of aromatic nitrogens is 1. The lowest BCUT2D eigenvalue weighted by atomic mass is 9.87. The average molecular weight is 348 g/mol. The SMILES string of the molecule is CC(C)(C)c1cc2n(c1)CC1(COCCOC1)CN(C(C)(C)C)C2=O. The Bertz CT molecular complexity index is 641. The van der Waals surface area contributed by atoms with Crippen LogP contribution in [0.3, 0.4) is 0 Å². The molecule has 1 amide bonds. The summed E-state index contributed by atoms with van der Waals surface area (Å²) in [6, 6.07) is 2.07. The number of ether oxygens (including phenoxy) is 2. The van der Waals surface area contributed by atoms with Crippen molar-refractivity contribution >= 4 is 5.91 Å². The van der Waals surface area contributed by atoms with Crippen molar-refractivity contribution in [1.29, 1.82) is 0 Å². The van der Waals surface area contributed by atoms with Gasteiger partial charge in [-0.15, -0.1) is 0 Å². The zero-order valence-corrected chi connectivity index (χ0v) is 16.5. The van der Waals surface area contributed by atoms with Crippen molar-refractivity contribution in [2.45, 2.75) is 59.0 Å². The first-order valence-corrected chi connectivity index (χ1v) is 9.20. The molecule has 2 aliphatic heterocycles. The zero-order valence-electron chi connectivity index (χ0n) is 16.5. The molecule has 1 saturated heterocycles. The highest BCUT2D eigenvalue weighted by atomic mass is 16.5. The Hall–Kier alpha value is -1.33. The molecule has 0 saturated carbocycles. The summed E-state index contributed by atoms with van der Waals surface area (Å²) in [5.74, 6) is 0.101. The van der Waals surface area contributed by atoms with Crippen LogP contribution >= 0.6 is 0 Å². The molecule has 1 aromatic rings. The maximum absolute atomic E-state index is 13.4. The molecule has 1 spiro atoms. The molecule has 3 heterocycles. The molecular weight excluding hydrogens is 316 g/mol. The fourth-order valence-electron chi connectivity index (χ4n) is 3.65. The first-order valence-electron chi connectivity index (χ1n) is 9.20. The van der Waals surface area contributed by atoms with E-state index >= 15 is 0 Å². The van der Waals surface area contributed by atoms with Crippen LogP contribution in [0, 0.1) is 5.41 Å². The molecule has 3 rings (SSSR count). The van der Waals surface area contributed by atoms with Crippen LogP contribution in [-0.4, -0.2) is 53.9 Å². The number of nitrogens with zero attached hydrogens (tertiary/aromatic N) is 2. The summed E-state index contributed by atoms with van der Waals surface area (Å²) < 4.78 is 13.8. The van der Waals surface area contributed by atoms with Gasteiger partial charge < -0.3 is 18.9 Å². The van der Waals surface area contributed by atoms with Crippen LogP contribution in [0.4, 0.5) is 0 Å². The monoisotopic (exact) mass is 348 g/mol. The van der Waals surface area contributed by atoms with Crippen molar-refractivity contribution in [3.8, 4) is 0 Å². The summed E-state index contributed by atoms with van der Waals surface area (Å²) in [6.45, 7) is 16.7. The minimum Gasteiger partial charge on any atom is -0.378 e. The van der Waals surface area contributed by atoms with Gasteiger partial charge in [0.2, 0.25) is 0 Å². The molecular formula is C20H32N2O3. The van der Waals surface area contributed by atoms with Gasteiger partial charge in [-0.05, 0) is 37.8 Å². The third-order valence-corrected chi connectivity index (χ3v) is 5.22. The molecule has 5 heteroatoms. The van der Waals surface area contributed by atoms with E-state index in [2.05, 4.69) is 58.4 Å². The van der Waals surface area contributed by atoms with Crippen LogP contribution in [-0.2, 0) is 21.4 Å². The molecule has 140 valence electrons. The molecule has 1 fully saturated rings.